The van der Waals surface area contributed by atoms with Crippen molar-refractivity contribution in [2.75, 3.05) is 31.6 Å². The SMILES string of the molecule is O=C(Nc1cccc(-c2nc(-c3ccc(S(=O)(=O)N4CCOCC4)cc3)cs2)c1)C1CC1. The maximum Gasteiger partial charge on any atom is 0.243 e. The van der Waals surface area contributed by atoms with E-state index in [1.165, 1.54) is 15.6 Å². The van der Waals surface area contributed by atoms with Crippen molar-refractivity contribution in [2.45, 2.75) is 17.7 Å². The molecule has 0 spiro atoms. The summed E-state index contributed by atoms with van der Waals surface area (Å²) < 4.78 is 32.3. The fraction of sp³-hybridized carbons (Fsp3) is 0.304. The highest BCUT2D eigenvalue weighted by Crippen LogP contribution is 2.33. The van der Waals surface area contributed by atoms with Gasteiger partial charge >= 0.3 is 0 Å². The third-order valence-electron chi connectivity index (χ3n) is 5.59. The third kappa shape index (κ3) is 4.47. The van der Waals surface area contributed by atoms with Crippen LogP contribution in [0.3, 0.4) is 0 Å². The second-order valence-electron chi connectivity index (χ2n) is 7.92. The maximum atomic E-state index is 12.8. The number of thiazole rings is 1. The van der Waals surface area contributed by atoms with Crippen molar-refractivity contribution in [3.63, 3.8) is 0 Å². The zero-order valence-electron chi connectivity index (χ0n) is 17.4. The fourth-order valence-electron chi connectivity index (χ4n) is 3.59. The molecule has 0 atom stereocenters. The van der Waals surface area contributed by atoms with E-state index in [9.17, 15) is 13.2 Å². The lowest BCUT2D eigenvalue weighted by molar-refractivity contribution is -0.117. The van der Waals surface area contributed by atoms with E-state index in [-0.39, 0.29) is 16.7 Å². The number of morpholine rings is 1. The summed E-state index contributed by atoms with van der Waals surface area (Å²) in [4.78, 5) is 17.0. The largest absolute Gasteiger partial charge is 0.379 e. The Labute approximate surface area is 191 Å². The first-order valence-corrected chi connectivity index (χ1v) is 12.9. The first-order valence-electron chi connectivity index (χ1n) is 10.6. The van der Waals surface area contributed by atoms with E-state index in [0.29, 0.717) is 26.3 Å². The number of ether oxygens (including phenoxy) is 1. The van der Waals surface area contributed by atoms with E-state index in [1.807, 2.05) is 29.6 Å². The van der Waals surface area contributed by atoms with Gasteiger partial charge in [0.05, 0.1) is 23.8 Å². The number of hydrogen-bond donors (Lipinski definition) is 1. The molecule has 2 fully saturated rings. The number of anilines is 1. The molecule has 1 amide bonds. The van der Waals surface area contributed by atoms with Gasteiger partial charge in [-0.05, 0) is 37.1 Å². The van der Waals surface area contributed by atoms with Gasteiger partial charge in [0.2, 0.25) is 15.9 Å². The van der Waals surface area contributed by atoms with Crippen LogP contribution in [-0.4, -0.2) is 49.9 Å². The van der Waals surface area contributed by atoms with Gasteiger partial charge in [-0.1, -0.05) is 24.3 Å². The quantitative estimate of drug-likeness (QED) is 0.593. The fourth-order valence-corrected chi connectivity index (χ4v) is 5.83. The number of amides is 1. The minimum absolute atomic E-state index is 0.0779. The molecule has 1 saturated heterocycles. The number of carbonyl (C=O) groups is 1. The molecule has 32 heavy (non-hydrogen) atoms. The summed E-state index contributed by atoms with van der Waals surface area (Å²) in [5.41, 5.74) is 3.34. The molecule has 0 unspecified atom stereocenters. The van der Waals surface area contributed by atoms with Gasteiger partial charge in [-0.3, -0.25) is 4.79 Å². The Hall–Kier alpha value is -2.59. The first-order chi connectivity index (χ1) is 15.5. The minimum atomic E-state index is -3.51. The number of nitrogens with zero attached hydrogens (tertiary/aromatic N) is 2. The molecular formula is C23H23N3O4S2. The monoisotopic (exact) mass is 469 g/mol. The number of hydrogen-bond acceptors (Lipinski definition) is 6. The van der Waals surface area contributed by atoms with Gasteiger partial charge in [-0.25, -0.2) is 13.4 Å². The minimum Gasteiger partial charge on any atom is -0.379 e. The molecule has 1 saturated carbocycles. The van der Waals surface area contributed by atoms with Crippen molar-refractivity contribution in [2.24, 2.45) is 5.92 Å². The molecule has 1 aliphatic carbocycles. The van der Waals surface area contributed by atoms with Gasteiger partial charge in [-0.2, -0.15) is 4.31 Å². The maximum absolute atomic E-state index is 12.8. The van der Waals surface area contributed by atoms with Crippen molar-refractivity contribution in [3.05, 3.63) is 53.9 Å². The van der Waals surface area contributed by atoms with Crippen LogP contribution in [-0.2, 0) is 19.6 Å². The molecule has 166 valence electrons. The van der Waals surface area contributed by atoms with Crippen molar-refractivity contribution in [1.29, 1.82) is 0 Å². The molecular weight excluding hydrogens is 446 g/mol. The lowest BCUT2D eigenvalue weighted by Gasteiger charge is -2.26. The lowest BCUT2D eigenvalue weighted by atomic mass is 10.1. The lowest BCUT2D eigenvalue weighted by Crippen LogP contribution is -2.40. The van der Waals surface area contributed by atoms with E-state index >= 15 is 0 Å². The first kappa shape index (κ1) is 21.3. The highest BCUT2D eigenvalue weighted by atomic mass is 32.2. The molecule has 7 nitrogen and oxygen atoms in total. The predicted molar refractivity (Wildman–Crippen MR) is 124 cm³/mol. The Morgan fingerprint density at radius 2 is 1.81 bits per heavy atom. The van der Waals surface area contributed by atoms with E-state index in [2.05, 4.69) is 5.32 Å². The van der Waals surface area contributed by atoms with Crippen LogP contribution in [0.4, 0.5) is 5.69 Å². The molecule has 9 heteroatoms. The number of aromatic nitrogens is 1. The Morgan fingerprint density at radius 1 is 1.06 bits per heavy atom. The standard InChI is InChI=1S/C23H23N3O4S2/c27-22(17-4-5-17)24-19-3-1-2-18(14-19)23-25-21(15-31-23)16-6-8-20(9-7-16)32(28,29)26-10-12-30-13-11-26/h1-3,6-9,14-15,17H,4-5,10-13H2,(H,24,27). The average molecular weight is 470 g/mol. The Kier molecular flexibility index (Phi) is 5.81. The summed E-state index contributed by atoms with van der Waals surface area (Å²) in [6, 6.07) is 14.5. The molecule has 2 aliphatic rings. The molecule has 2 aromatic carbocycles. The van der Waals surface area contributed by atoms with Gasteiger partial charge in [0.1, 0.15) is 5.01 Å². The highest BCUT2D eigenvalue weighted by molar-refractivity contribution is 7.89. The summed E-state index contributed by atoms with van der Waals surface area (Å²) in [6.45, 7) is 1.59. The van der Waals surface area contributed by atoms with Gasteiger partial charge in [0.15, 0.2) is 0 Å². The average Bonchev–Trinajstić information content (AvgIpc) is 3.57. The second-order valence-corrected chi connectivity index (χ2v) is 10.7. The number of nitrogens with one attached hydrogen (secondary N) is 1. The predicted octanol–water partition coefficient (Wildman–Crippen LogP) is 3.85. The Balaban J connectivity index is 1.33. The molecule has 2 heterocycles. The molecule has 1 aliphatic heterocycles. The number of benzene rings is 2. The van der Waals surface area contributed by atoms with E-state index < -0.39 is 10.0 Å². The van der Waals surface area contributed by atoms with Gasteiger partial charge < -0.3 is 10.1 Å². The molecule has 5 rings (SSSR count). The smallest absolute Gasteiger partial charge is 0.243 e. The highest BCUT2D eigenvalue weighted by Gasteiger charge is 2.29. The van der Waals surface area contributed by atoms with E-state index in [4.69, 9.17) is 9.72 Å². The van der Waals surface area contributed by atoms with Crippen LogP contribution in [0.2, 0.25) is 0 Å². The van der Waals surface area contributed by atoms with Gasteiger partial charge in [-0.15, -0.1) is 11.3 Å². The molecule has 0 radical (unpaired) electrons. The third-order valence-corrected chi connectivity index (χ3v) is 8.39. The zero-order chi connectivity index (χ0) is 22.1. The molecule has 3 aromatic rings. The summed E-state index contributed by atoms with van der Waals surface area (Å²) in [5, 5.41) is 5.76. The van der Waals surface area contributed by atoms with Crippen LogP contribution in [0.5, 0.6) is 0 Å². The molecule has 1 N–H and O–H groups in total. The normalized spacial score (nSPS) is 17.2. The van der Waals surface area contributed by atoms with E-state index in [1.54, 1.807) is 24.3 Å². The zero-order valence-corrected chi connectivity index (χ0v) is 19.0. The van der Waals surface area contributed by atoms with Crippen molar-refractivity contribution in [1.82, 2.24) is 9.29 Å². The number of carbonyl (C=O) groups excluding carboxylic acids is 1. The van der Waals surface area contributed by atoms with Gasteiger partial charge in [0.25, 0.3) is 0 Å². The second kappa shape index (κ2) is 8.74. The molecule has 0 bridgehead atoms. The molecule has 1 aromatic heterocycles. The van der Waals surface area contributed by atoms with Crippen LogP contribution >= 0.6 is 11.3 Å². The number of rotatable bonds is 6. The summed E-state index contributed by atoms with van der Waals surface area (Å²) in [5.74, 6) is 0.231. The summed E-state index contributed by atoms with van der Waals surface area (Å²) >= 11 is 1.51. The summed E-state index contributed by atoms with van der Waals surface area (Å²) in [6.07, 6.45) is 1.93. The van der Waals surface area contributed by atoms with Crippen LogP contribution in [0.15, 0.2) is 58.8 Å². The van der Waals surface area contributed by atoms with E-state index in [0.717, 1.165) is 40.4 Å². The Morgan fingerprint density at radius 3 is 2.53 bits per heavy atom. The summed E-state index contributed by atoms with van der Waals surface area (Å²) in [7, 11) is -3.51. The van der Waals surface area contributed by atoms with Crippen LogP contribution in [0.1, 0.15) is 12.8 Å². The van der Waals surface area contributed by atoms with Crippen molar-refractivity contribution < 1.29 is 17.9 Å². The van der Waals surface area contributed by atoms with Crippen LogP contribution < -0.4 is 5.32 Å². The van der Waals surface area contributed by atoms with Crippen LogP contribution in [0, 0.1) is 5.92 Å². The van der Waals surface area contributed by atoms with Crippen molar-refractivity contribution in [3.8, 4) is 21.8 Å². The Bertz CT molecular complexity index is 1230. The topological polar surface area (TPSA) is 88.6 Å². The van der Waals surface area contributed by atoms with Crippen LogP contribution in [0.25, 0.3) is 21.8 Å². The number of sulfonamides is 1. The van der Waals surface area contributed by atoms with Crippen molar-refractivity contribution >= 4 is 33.0 Å². The van der Waals surface area contributed by atoms with Gasteiger partial charge in [0, 0.05) is 41.2 Å².